The lowest BCUT2D eigenvalue weighted by atomic mass is 9.93. The molecule has 0 aliphatic carbocycles. The van der Waals surface area contributed by atoms with E-state index in [0.717, 1.165) is 12.0 Å². The summed E-state index contributed by atoms with van der Waals surface area (Å²) in [7, 11) is 0. The van der Waals surface area contributed by atoms with Crippen LogP contribution in [0.3, 0.4) is 0 Å². The van der Waals surface area contributed by atoms with Crippen LogP contribution in [-0.2, 0) is 22.6 Å². The topological polar surface area (TPSA) is 101 Å². The Kier molecular flexibility index (Phi) is 9.98. The number of carbonyl (C=O) groups excluding carboxylic acids is 2. The van der Waals surface area contributed by atoms with Gasteiger partial charge in [-0.2, -0.15) is 0 Å². The molecule has 2 rings (SSSR count). The zero-order valence-electron chi connectivity index (χ0n) is 20.6. The summed E-state index contributed by atoms with van der Waals surface area (Å²) in [5.41, 5.74) is 4.85. The Bertz CT molecular complexity index is 1060. The van der Waals surface area contributed by atoms with Crippen LogP contribution in [0.1, 0.15) is 50.8 Å². The van der Waals surface area contributed by atoms with E-state index in [2.05, 4.69) is 36.8 Å². The molecule has 186 valence electrons. The molecule has 3 N–H and O–H groups in total. The minimum atomic E-state index is -0.303. The summed E-state index contributed by atoms with van der Waals surface area (Å²) in [6.07, 6.45) is 2.53. The summed E-state index contributed by atoms with van der Waals surface area (Å²) in [4.78, 5) is 37.3. The molecule has 2 amide bonds. The van der Waals surface area contributed by atoms with Crippen molar-refractivity contribution in [3.8, 4) is 5.75 Å². The molecule has 9 heteroatoms. The van der Waals surface area contributed by atoms with Crippen LogP contribution in [0.5, 0.6) is 5.75 Å². The number of benzene rings is 1. The highest BCUT2D eigenvalue weighted by Gasteiger charge is 2.15. The summed E-state index contributed by atoms with van der Waals surface area (Å²) in [5.74, 6) is -0.0843. The van der Waals surface area contributed by atoms with Crippen molar-refractivity contribution in [2.45, 2.75) is 54.0 Å². The maximum atomic E-state index is 12.9. The van der Waals surface area contributed by atoms with Crippen molar-refractivity contribution < 1.29 is 14.3 Å². The van der Waals surface area contributed by atoms with Gasteiger partial charge in [-0.05, 0) is 55.5 Å². The number of nitrogens with zero attached hydrogens (tertiary/aromatic N) is 1. The number of amides is 2. The van der Waals surface area contributed by atoms with E-state index >= 15 is 0 Å². The number of nitrogens with one attached hydrogen (secondary N) is 3. The van der Waals surface area contributed by atoms with Gasteiger partial charge in [-0.15, -0.1) is 0 Å². The fourth-order valence-corrected chi connectivity index (χ4v) is 3.39. The molecule has 0 bridgehead atoms. The molecule has 1 aromatic carbocycles. The van der Waals surface area contributed by atoms with Gasteiger partial charge in [0.05, 0.1) is 6.42 Å². The third-order valence-electron chi connectivity index (χ3n) is 5.15. The average Bonchev–Trinajstić information content (AvgIpc) is 2.75. The second-order valence-electron chi connectivity index (χ2n) is 9.32. The Morgan fingerprint density at radius 2 is 1.85 bits per heavy atom. The van der Waals surface area contributed by atoms with E-state index in [1.165, 1.54) is 4.68 Å². The number of aryl methyl sites for hydroxylation is 1. The molecule has 0 saturated heterocycles. The molecule has 0 unspecified atom stereocenters. The molecule has 0 spiro atoms. The third kappa shape index (κ3) is 8.74. The van der Waals surface area contributed by atoms with Gasteiger partial charge in [0.25, 0.3) is 11.5 Å². The first-order chi connectivity index (χ1) is 16.0. The fraction of sp³-hybridized carbons (Fsp3) is 0.480. The number of ether oxygens (including phenoxy) is 1. The largest absolute Gasteiger partial charge is 0.483 e. The molecule has 0 atom stereocenters. The van der Waals surface area contributed by atoms with Crippen LogP contribution in [0.4, 0.5) is 0 Å². The van der Waals surface area contributed by atoms with Crippen molar-refractivity contribution in [3.05, 3.63) is 62.5 Å². The second-order valence-corrected chi connectivity index (χ2v) is 9.76. The SMILES string of the molecule is CCNC(=O)COc1ccc(Cl)cc1CNC(=O)Cc1c(C)ccn(NCCC(C)(C)C)c1=O. The van der Waals surface area contributed by atoms with Gasteiger partial charge < -0.3 is 20.8 Å². The predicted molar refractivity (Wildman–Crippen MR) is 135 cm³/mol. The zero-order chi connectivity index (χ0) is 25.3. The van der Waals surface area contributed by atoms with Gasteiger partial charge in [0.15, 0.2) is 6.61 Å². The Hall–Kier alpha value is -3.00. The van der Waals surface area contributed by atoms with E-state index in [0.29, 0.717) is 35.0 Å². The van der Waals surface area contributed by atoms with Gasteiger partial charge in [0.1, 0.15) is 5.75 Å². The lowest BCUT2D eigenvalue weighted by molar-refractivity contribution is -0.123. The lowest BCUT2D eigenvalue weighted by Gasteiger charge is -2.19. The normalized spacial score (nSPS) is 11.1. The number of hydrogen-bond acceptors (Lipinski definition) is 5. The van der Waals surface area contributed by atoms with Crippen molar-refractivity contribution >= 4 is 23.4 Å². The van der Waals surface area contributed by atoms with E-state index in [1.54, 1.807) is 24.4 Å². The van der Waals surface area contributed by atoms with Crippen LogP contribution < -0.4 is 26.4 Å². The molecule has 1 aromatic heterocycles. The van der Waals surface area contributed by atoms with Gasteiger partial charge in [-0.1, -0.05) is 32.4 Å². The summed E-state index contributed by atoms with van der Waals surface area (Å²) >= 11 is 6.10. The molecular weight excluding hydrogens is 456 g/mol. The smallest absolute Gasteiger partial charge is 0.272 e. The quantitative estimate of drug-likeness (QED) is 0.449. The Morgan fingerprint density at radius 1 is 1.12 bits per heavy atom. The molecule has 0 saturated carbocycles. The maximum Gasteiger partial charge on any atom is 0.272 e. The zero-order valence-corrected chi connectivity index (χ0v) is 21.3. The molecule has 2 aromatic rings. The number of rotatable bonds is 11. The van der Waals surface area contributed by atoms with Gasteiger partial charge in [0, 0.05) is 42.0 Å². The van der Waals surface area contributed by atoms with E-state index in [9.17, 15) is 14.4 Å². The van der Waals surface area contributed by atoms with Gasteiger partial charge >= 0.3 is 0 Å². The van der Waals surface area contributed by atoms with Crippen molar-refractivity contribution in [2.75, 3.05) is 25.1 Å². The first-order valence-electron chi connectivity index (χ1n) is 11.4. The number of pyridine rings is 1. The minimum absolute atomic E-state index is 0.0535. The van der Waals surface area contributed by atoms with Gasteiger partial charge in [0.2, 0.25) is 5.91 Å². The summed E-state index contributed by atoms with van der Waals surface area (Å²) in [6.45, 7) is 11.2. The molecule has 1 heterocycles. The standard InChI is InChI=1S/C25H35ClN4O4/c1-6-27-23(32)16-34-21-8-7-19(26)13-18(21)15-28-22(31)14-20-17(2)9-12-30(24(20)33)29-11-10-25(3,4)5/h7-9,12-13,29H,6,10-11,14-16H2,1-5H3,(H,27,32)(H,28,31). The molecule has 0 aliphatic rings. The van der Waals surface area contributed by atoms with Crippen LogP contribution in [0.2, 0.25) is 5.02 Å². The molecule has 34 heavy (non-hydrogen) atoms. The Balaban J connectivity index is 2.04. The van der Waals surface area contributed by atoms with Gasteiger partial charge in [-0.25, -0.2) is 4.68 Å². The van der Waals surface area contributed by atoms with E-state index < -0.39 is 0 Å². The van der Waals surface area contributed by atoms with Crippen LogP contribution >= 0.6 is 11.6 Å². The first kappa shape index (κ1) is 27.2. The van der Waals surface area contributed by atoms with Crippen LogP contribution in [0.15, 0.2) is 35.3 Å². The highest BCUT2D eigenvalue weighted by Crippen LogP contribution is 2.23. The third-order valence-corrected chi connectivity index (χ3v) is 5.39. The Labute approximate surface area is 206 Å². The number of aromatic nitrogens is 1. The summed E-state index contributed by atoms with van der Waals surface area (Å²) in [6, 6.07) is 6.81. The average molecular weight is 491 g/mol. The molecule has 0 aliphatic heterocycles. The first-order valence-corrected chi connectivity index (χ1v) is 11.8. The minimum Gasteiger partial charge on any atom is -0.483 e. The van der Waals surface area contributed by atoms with Crippen LogP contribution in [0.25, 0.3) is 0 Å². The summed E-state index contributed by atoms with van der Waals surface area (Å²) in [5, 5.41) is 5.96. The molecular formula is C25H35ClN4O4. The monoisotopic (exact) mass is 490 g/mol. The van der Waals surface area contributed by atoms with E-state index in [-0.39, 0.29) is 42.4 Å². The number of likely N-dealkylation sites (N-methyl/N-ethyl adjacent to an activating group) is 1. The molecule has 0 fully saturated rings. The van der Waals surface area contributed by atoms with E-state index in [1.807, 2.05) is 19.9 Å². The highest BCUT2D eigenvalue weighted by molar-refractivity contribution is 6.30. The van der Waals surface area contributed by atoms with Crippen molar-refractivity contribution in [3.63, 3.8) is 0 Å². The number of halogens is 1. The maximum absolute atomic E-state index is 12.9. The van der Waals surface area contributed by atoms with Crippen LogP contribution in [0, 0.1) is 12.3 Å². The Morgan fingerprint density at radius 3 is 2.53 bits per heavy atom. The molecule has 8 nitrogen and oxygen atoms in total. The molecule has 0 radical (unpaired) electrons. The predicted octanol–water partition coefficient (Wildman–Crippen LogP) is 3.16. The van der Waals surface area contributed by atoms with Crippen LogP contribution in [-0.4, -0.2) is 36.2 Å². The number of hydrogen-bond donors (Lipinski definition) is 3. The second kappa shape index (κ2) is 12.5. The lowest BCUT2D eigenvalue weighted by Crippen LogP contribution is -2.35. The number of carbonyl (C=O) groups is 2. The van der Waals surface area contributed by atoms with E-state index in [4.69, 9.17) is 16.3 Å². The highest BCUT2D eigenvalue weighted by atomic mass is 35.5. The van der Waals surface area contributed by atoms with Crippen molar-refractivity contribution in [1.82, 2.24) is 15.3 Å². The van der Waals surface area contributed by atoms with Crippen molar-refractivity contribution in [1.29, 1.82) is 0 Å². The summed E-state index contributed by atoms with van der Waals surface area (Å²) < 4.78 is 7.02. The van der Waals surface area contributed by atoms with Crippen molar-refractivity contribution in [2.24, 2.45) is 5.41 Å². The van der Waals surface area contributed by atoms with Gasteiger partial charge in [-0.3, -0.25) is 14.4 Å². The fourth-order valence-electron chi connectivity index (χ4n) is 3.19.